The average Bonchev–Trinajstić information content (AvgIpc) is 2.01. The average molecular weight is 221 g/mol. The lowest BCUT2D eigenvalue weighted by atomic mass is 10.8. The molecular weight excluding hydrogens is 198 g/mol. The van der Waals surface area contributed by atoms with Gasteiger partial charge in [0.2, 0.25) is 0 Å². The fourth-order valence-electron chi connectivity index (χ4n) is 0.865. The first-order valence-electron chi connectivity index (χ1n) is 4.72. The highest BCUT2D eigenvalue weighted by Crippen LogP contribution is 2.13. The Morgan fingerprint density at radius 3 is 2.00 bits per heavy atom. The summed E-state index contributed by atoms with van der Waals surface area (Å²) in [6.45, 7) is 9.61. The number of nitrogens with two attached hydrogens (primary N) is 1. The predicted molar refractivity (Wildman–Crippen MR) is 61.8 cm³/mol. The highest BCUT2D eigenvalue weighted by atomic mass is 28.4. The molecule has 0 aromatic heterocycles. The molecule has 2 N–H and O–H groups in total. The molecule has 0 aromatic carbocycles. The lowest BCUT2D eigenvalue weighted by molar-refractivity contribution is 0.234. The molecule has 0 heterocycles. The predicted octanol–water partition coefficient (Wildman–Crippen LogP) is 1.56. The first-order valence-corrected chi connectivity index (χ1v) is 11.0. The SMILES string of the molecule is CO[Si](C)(CCN)OC[Si](C)(C)C. The van der Waals surface area contributed by atoms with Gasteiger partial charge in [-0.15, -0.1) is 0 Å². The molecule has 13 heavy (non-hydrogen) atoms. The first-order chi connectivity index (χ1) is 5.83. The molecule has 0 aliphatic rings. The normalized spacial score (nSPS) is 17.1. The van der Waals surface area contributed by atoms with Crippen LogP contribution in [0.3, 0.4) is 0 Å². The molecular formula is C8H23NO2Si2. The van der Waals surface area contributed by atoms with Crippen molar-refractivity contribution in [2.75, 3.05) is 19.9 Å². The van der Waals surface area contributed by atoms with Crippen molar-refractivity contribution in [3.05, 3.63) is 0 Å². The largest absolute Gasteiger partial charge is 0.398 e. The van der Waals surface area contributed by atoms with Crippen molar-refractivity contribution in [2.24, 2.45) is 5.73 Å². The van der Waals surface area contributed by atoms with E-state index in [-0.39, 0.29) is 0 Å². The number of hydrogen-bond acceptors (Lipinski definition) is 3. The summed E-state index contributed by atoms with van der Waals surface area (Å²) in [5.41, 5.74) is 5.52. The standard InChI is InChI=1S/C8H23NO2Si2/c1-10-13(5,7-6-9)11-8-12(2,3)4/h6-9H2,1-5H3. The Morgan fingerprint density at radius 1 is 1.15 bits per heavy atom. The zero-order valence-electron chi connectivity index (χ0n) is 9.52. The molecule has 0 radical (unpaired) electrons. The molecule has 3 nitrogen and oxygen atoms in total. The summed E-state index contributed by atoms with van der Waals surface area (Å²) in [5.74, 6) is 0. The lowest BCUT2D eigenvalue weighted by Crippen LogP contribution is -2.44. The fraction of sp³-hybridized carbons (Fsp3) is 1.00. The van der Waals surface area contributed by atoms with Gasteiger partial charge in [0.05, 0.1) is 8.07 Å². The third-order valence-corrected chi connectivity index (χ3v) is 5.96. The van der Waals surface area contributed by atoms with Gasteiger partial charge in [-0.25, -0.2) is 0 Å². The van der Waals surface area contributed by atoms with Crippen LogP contribution >= 0.6 is 0 Å². The smallest absolute Gasteiger partial charge is 0.335 e. The molecule has 0 saturated heterocycles. The first kappa shape index (κ1) is 13.3. The molecule has 80 valence electrons. The Hall–Kier alpha value is 0.314. The highest BCUT2D eigenvalue weighted by molar-refractivity contribution is 6.77. The van der Waals surface area contributed by atoms with Gasteiger partial charge in [-0.1, -0.05) is 19.6 Å². The van der Waals surface area contributed by atoms with Gasteiger partial charge >= 0.3 is 8.56 Å². The zero-order chi connectivity index (χ0) is 10.5. The van der Waals surface area contributed by atoms with Gasteiger partial charge < -0.3 is 14.6 Å². The van der Waals surface area contributed by atoms with E-state index in [0.29, 0.717) is 6.54 Å². The Balaban J connectivity index is 3.97. The molecule has 0 saturated carbocycles. The van der Waals surface area contributed by atoms with Crippen LogP contribution in [0.4, 0.5) is 0 Å². The summed E-state index contributed by atoms with van der Waals surface area (Å²) in [4.78, 5) is 0. The summed E-state index contributed by atoms with van der Waals surface area (Å²) >= 11 is 0. The van der Waals surface area contributed by atoms with Crippen molar-refractivity contribution in [3.63, 3.8) is 0 Å². The maximum absolute atomic E-state index is 5.88. The quantitative estimate of drug-likeness (QED) is 0.692. The van der Waals surface area contributed by atoms with Crippen molar-refractivity contribution in [3.8, 4) is 0 Å². The Labute approximate surface area is 83.9 Å². The van der Waals surface area contributed by atoms with Gasteiger partial charge in [-0.05, 0) is 13.1 Å². The number of hydrogen-bond donors (Lipinski definition) is 1. The molecule has 0 rings (SSSR count). The van der Waals surface area contributed by atoms with Gasteiger partial charge in [0.25, 0.3) is 0 Å². The third kappa shape index (κ3) is 6.39. The second-order valence-electron chi connectivity index (χ2n) is 4.73. The molecule has 1 unspecified atom stereocenters. The topological polar surface area (TPSA) is 44.5 Å². The lowest BCUT2D eigenvalue weighted by Gasteiger charge is -2.28. The molecule has 0 bridgehead atoms. The highest BCUT2D eigenvalue weighted by Gasteiger charge is 2.31. The zero-order valence-corrected chi connectivity index (χ0v) is 11.5. The van der Waals surface area contributed by atoms with E-state index in [1.54, 1.807) is 7.11 Å². The van der Waals surface area contributed by atoms with Crippen LogP contribution in [-0.4, -0.2) is 36.5 Å². The van der Waals surface area contributed by atoms with Crippen LogP contribution in [0.5, 0.6) is 0 Å². The minimum Gasteiger partial charge on any atom is -0.398 e. The van der Waals surface area contributed by atoms with Gasteiger partial charge in [-0.3, -0.25) is 0 Å². The molecule has 0 aliphatic heterocycles. The summed E-state index contributed by atoms with van der Waals surface area (Å²) < 4.78 is 11.3. The molecule has 0 fully saturated rings. The van der Waals surface area contributed by atoms with Crippen molar-refractivity contribution in [1.82, 2.24) is 0 Å². The van der Waals surface area contributed by atoms with Crippen molar-refractivity contribution in [2.45, 2.75) is 32.2 Å². The summed E-state index contributed by atoms with van der Waals surface area (Å²) in [7, 11) is -1.32. The van der Waals surface area contributed by atoms with Gasteiger partial charge in [0.1, 0.15) is 0 Å². The van der Waals surface area contributed by atoms with E-state index in [1.165, 1.54) is 0 Å². The molecule has 5 heteroatoms. The van der Waals surface area contributed by atoms with Crippen LogP contribution in [0.1, 0.15) is 0 Å². The molecule has 0 amide bonds. The van der Waals surface area contributed by atoms with Gasteiger partial charge in [0, 0.05) is 19.4 Å². The maximum atomic E-state index is 5.88. The van der Waals surface area contributed by atoms with Crippen LogP contribution in [-0.2, 0) is 8.85 Å². The third-order valence-electron chi connectivity index (χ3n) is 1.84. The van der Waals surface area contributed by atoms with Gasteiger partial charge in [0.15, 0.2) is 0 Å². The van der Waals surface area contributed by atoms with E-state index >= 15 is 0 Å². The minimum atomic E-state index is -1.92. The van der Waals surface area contributed by atoms with Crippen LogP contribution in [0, 0.1) is 0 Å². The van der Waals surface area contributed by atoms with E-state index in [1.807, 2.05) is 0 Å². The fourth-order valence-corrected chi connectivity index (χ4v) is 4.81. The monoisotopic (exact) mass is 221 g/mol. The van der Waals surface area contributed by atoms with E-state index in [0.717, 1.165) is 12.3 Å². The van der Waals surface area contributed by atoms with E-state index in [4.69, 9.17) is 14.6 Å². The van der Waals surface area contributed by atoms with Crippen LogP contribution in [0.15, 0.2) is 0 Å². The summed E-state index contributed by atoms with van der Waals surface area (Å²) in [5, 5.41) is 0. The molecule has 0 spiro atoms. The van der Waals surface area contributed by atoms with Crippen LogP contribution in [0.25, 0.3) is 0 Å². The molecule has 0 aromatic rings. The Bertz CT molecular complexity index is 150. The summed E-state index contributed by atoms with van der Waals surface area (Å²) in [6, 6.07) is 0.883. The number of rotatable bonds is 6. The Morgan fingerprint density at radius 2 is 1.69 bits per heavy atom. The molecule has 1 atom stereocenters. The van der Waals surface area contributed by atoms with E-state index < -0.39 is 16.6 Å². The Kier molecular flexibility index (Phi) is 5.38. The second kappa shape index (κ2) is 5.26. The molecule has 0 aliphatic carbocycles. The van der Waals surface area contributed by atoms with Crippen molar-refractivity contribution >= 4 is 16.6 Å². The van der Waals surface area contributed by atoms with Crippen LogP contribution in [0.2, 0.25) is 32.2 Å². The second-order valence-corrected chi connectivity index (χ2v) is 13.6. The van der Waals surface area contributed by atoms with Crippen molar-refractivity contribution < 1.29 is 8.85 Å². The summed E-state index contributed by atoms with van der Waals surface area (Å²) in [6.07, 6.45) is 0.879. The van der Waals surface area contributed by atoms with E-state index in [2.05, 4.69) is 26.2 Å². The maximum Gasteiger partial charge on any atom is 0.335 e. The van der Waals surface area contributed by atoms with Crippen LogP contribution < -0.4 is 5.73 Å². The van der Waals surface area contributed by atoms with Crippen molar-refractivity contribution in [1.29, 1.82) is 0 Å². The van der Waals surface area contributed by atoms with E-state index in [9.17, 15) is 0 Å². The van der Waals surface area contributed by atoms with Gasteiger partial charge in [-0.2, -0.15) is 0 Å². The minimum absolute atomic E-state index is 0.655.